The first-order valence-corrected chi connectivity index (χ1v) is 13.7. The van der Waals surface area contributed by atoms with Gasteiger partial charge in [-0.15, -0.1) is 0 Å². The van der Waals surface area contributed by atoms with Crippen molar-refractivity contribution in [3.8, 4) is 0 Å². The maximum atomic E-state index is 15.0. The van der Waals surface area contributed by atoms with Crippen molar-refractivity contribution in [1.82, 2.24) is 14.7 Å². The monoisotopic (exact) mass is 574 g/mol. The molecule has 2 fully saturated rings. The predicted octanol–water partition coefficient (Wildman–Crippen LogP) is 6.40. The second-order valence-corrected chi connectivity index (χ2v) is 12.3. The van der Waals surface area contributed by atoms with E-state index in [1.807, 2.05) is 27.0 Å². The standard InChI is InChI=1S/C29H33ClF2N4O4/c1-17-11-19(5-6-20(17)26(37)38)35-16-29(40-27(35)39)7-9-34(10-8-29)14-18-15-36(28(2,3)4)33-25(18)21-12-24(32)22(30)13-23(21)31/h5-6,11,13,15,21H,7-10,12,14,16H2,1-4H3,(H,37,38). The first-order valence-electron chi connectivity index (χ1n) is 13.3. The average molecular weight is 575 g/mol. The Morgan fingerprint density at radius 1 is 1.25 bits per heavy atom. The average Bonchev–Trinajstić information content (AvgIpc) is 3.44. The molecule has 1 atom stereocenters. The van der Waals surface area contributed by atoms with Crippen LogP contribution in [0.2, 0.25) is 0 Å². The number of aromatic carboxylic acids is 1. The van der Waals surface area contributed by atoms with Crippen LogP contribution in [-0.4, -0.2) is 57.1 Å². The van der Waals surface area contributed by atoms with Gasteiger partial charge in [-0.2, -0.15) is 5.10 Å². The van der Waals surface area contributed by atoms with Gasteiger partial charge in [0.05, 0.1) is 34.3 Å². The summed E-state index contributed by atoms with van der Waals surface area (Å²) < 4.78 is 37.0. The lowest BCUT2D eigenvalue weighted by Gasteiger charge is -2.37. The maximum absolute atomic E-state index is 15.0. The highest BCUT2D eigenvalue weighted by Crippen LogP contribution is 2.41. The lowest BCUT2D eigenvalue weighted by Crippen LogP contribution is -2.46. The van der Waals surface area contributed by atoms with E-state index in [0.717, 1.165) is 11.6 Å². The molecule has 11 heteroatoms. The number of carbonyl (C=O) groups is 2. The van der Waals surface area contributed by atoms with Gasteiger partial charge in [0.15, 0.2) is 0 Å². The molecule has 214 valence electrons. The number of amides is 1. The fraction of sp³-hybridized carbons (Fsp3) is 0.483. The summed E-state index contributed by atoms with van der Waals surface area (Å²) >= 11 is 5.83. The third kappa shape index (κ3) is 5.39. The van der Waals surface area contributed by atoms with Gasteiger partial charge in [-0.25, -0.2) is 18.4 Å². The number of likely N-dealkylation sites (tertiary alicyclic amines) is 1. The van der Waals surface area contributed by atoms with Crippen molar-refractivity contribution in [2.45, 2.75) is 70.6 Å². The summed E-state index contributed by atoms with van der Waals surface area (Å²) in [6.45, 7) is 9.86. The molecule has 0 saturated carbocycles. The number of piperidine rings is 1. The van der Waals surface area contributed by atoms with Crippen molar-refractivity contribution in [1.29, 1.82) is 0 Å². The van der Waals surface area contributed by atoms with Crippen LogP contribution in [-0.2, 0) is 16.8 Å². The Morgan fingerprint density at radius 2 is 1.95 bits per heavy atom. The zero-order valence-corrected chi connectivity index (χ0v) is 23.8. The SMILES string of the molecule is Cc1cc(N2CC3(CCN(Cc4cn(C(C)(C)C)nc4C4CC(F)=C(Cl)C=C4F)CC3)OC2=O)ccc1C(=O)O. The molecular formula is C29H33ClF2N4O4. The third-order valence-corrected chi connectivity index (χ3v) is 8.28. The summed E-state index contributed by atoms with van der Waals surface area (Å²) in [6, 6.07) is 4.82. The number of allylic oxidation sites excluding steroid dienone is 4. The number of hydrogen-bond acceptors (Lipinski definition) is 5. The minimum atomic E-state index is -1.01. The van der Waals surface area contributed by atoms with Gasteiger partial charge in [0.25, 0.3) is 0 Å². The Morgan fingerprint density at radius 3 is 2.58 bits per heavy atom. The lowest BCUT2D eigenvalue weighted by molar-refractivity contribution is -0.00105. The summed E-state index contributed by atoms with van der Waals surface area (Å²) in [5.74, 6) is -2.91. The molecule has 2 saturated heterocycles. The fourth-order valence-electron chi connectivity index (χ4n) is 5.58. The minimum absolute atomic E-state index is 0.170. The Bertz CT molecular complexity index is 1420. The number of halogens is 3. The molecule has 40 heavy (non-hydrogen) atoms. The second kappa shape index (κ2) is 10.3. The van der Waals surface area contributed by atoms with E-state index in [1.54, 1.807) is 28.6 Å². The second-order valence-electron chi connectivity index (χ2n) is 11.9. The molecular weight excluding hydrogens is 542 g/mol. The minimum Gasteiger partial charge on any atom is -0.478 e. The van der Waals surface area contributed by atoms with Gasteiger partial charge in [-0.1, -0.05) is 11.6 Å². The van der Waals surface area contributed by atoms with Gasteiger partial charge < -0.3 is 9.84 Å². The van der Waals surface area contributed by atoms with Gasteiger partial charge in [0.2, 0.25) is 0 Å². The largest absolute Gasteiger partial charge is 0.478 e. The van der Waals surface area contributed by atoms with E-state index in [4.69, 9.17) is 21.4 Å². The van der Waals surface area contributed by atoms with Crippen LogP contribution in [0.5, 0.6) is 0 Å². The molecule has 1 aliphatic carbocycles. The molecule has 2 aromatic rings. The highest BCUT2D eigenvalue weighted by Gasteiger charge is 2.47. The van der Waals surface area contributed by atoms with E-state index in [1.165, 1.54) is 6.07 Å². The predicted molar refractivity (Wildman–Crippen MR) is 147 cm³/mol. The Kier molecular flexibility index (Phi) is 7.29. The summed E-state index contributed by atoms with van der Waals surface area (Å²) in [4.78, 5) is 28.0. The molecule has 1 aromatic heterocycles. The molecule has 1 spiro atoms. The highest BCUT2D eigenvalue weighted by molar-refractivity contribution is 6.31. The lowest BCUT2D eigenvalue weighted by atomic mass is 9.90. The summed E-state index contributed by atoms with van der Waals surface area (Å²) in [5.41, 5.74) is 1.71. The Balaban J connectivity index is 1.30. The molecule has 0 radical (unpaired) electrons. The molecule has 1 N–H and O–H groups in total. The number of nitrogens with zero attached hydrogens (tertiary/aromatic N) is 4. The van der Waals surface area contributed by atoms with Crippen LogP contribution in [0, 0.1) is 6.92 Å². The molecule has 3 heterocycles. The molecule has 2 aliphatic heterocycles. The number of aryl methyl sites for hydroxylation is 1. The van der Waals surface area contributed by atoms with Gasteiger partial charge >= 0.3 is 12.1 Å². The molecule has 8 nitrogen and oxygen atoms in total. The van der Waals surface area contributed by atoms with E-state index in [-0.39, 0.29) is 22.6 Å². The third-order valence-electron chi connectivity index (χ3n) is 7.96. The molecule has 1 unspecified atom stereocenters. The molecule has 0 bridgehead atoms. The normalized spacial score (nSPS) is 21.7. The number of hydrogen-bond donors (Lipinski definition) is 1. The number of anilines is 1. The number of carbonyl (C=O) groups excluding carboxylic acids is 1. The Labute approximate surface area is 236 Å². The zero-order valence-electron chi connectivity index (χ0n) is 23.0. The van der Waals surface area contributed by atoms with Crippen LogP contribution >= 0.6 is 11.6 Å². The number of aromatic nitrogens is 2. The van der Waals surface area contributed by atoms with Crippen molar-refractivity contribution in [3.05, 3.63) is 69.5 Å². The van der Waals surface area contributed by atoms with Crippen LogP contribution < -0.4 is 4.90 Å². The zero-order chi connectivity index (χ0) is 29.0. The summed E-state index contributed by atoms with van der Waals surface area (Å²) in [7, 11) is 0. The number of rotatable bonds is 5. The van der Waals surface area contributed by atoms with Crippen molar-refractivity contribution in [2.24, 2.45) is 0 Å². The number of carboxylic acid groups (broad SMARTS) is 1. The maximum Gasteiger partial charge on any atom is 0.415 e. The van der Waals surface area contributed by atoms with Crippen molar-refractivity contribution < 1.29 is 28.2 Å². The van der Waals surface area contributed by atoms with E-state index >= 15 is 0 Å². The van der Waals surface area contributed by atoms with Gasteiger partial charge in [0.1, 0.15) is 17.3 Å². The number of ether oxygens (including phenoxy) is 1. The highest BCUT2D eigenvalue weighted by atomic mass is 35.5. The van der Waals surface area contributed by atoms with Crippen molar-refractivity contribution in [3.63, 3.8) is 0 Å². The van der Waals surface area contributed by atoms with E-state index in [9.17, 15) is 23.5 Å². The van der Waals surface area contributed by atoms with E-state index in [2.05, 4.69) is 4.90 Å². The van der Waals surface area contributed by atoms with Crippen LogP contribution in [0.4, 0.5) is 19.3 Å². The summed E-state index contributed by atoms with van der Waals surface area (Å²) in [5, 5.41) is 13.8. The van der Waals surface area contributed by atoms with Gasteiger partial charge in [0, 0.05) is 56.3 Å². The first-order chi connectivity index (χ1) is 18.8. The van der Waals surface area contributed by atoms with Crippen molar-refractivity contribution in [2.75, 3.05) is 24.5 Å². The molecule has 1 amide bonds. The van der Waals surface area contributed by atoms with Gasteiger partial charge in [-0.05, 0) is 57.5 Å². The Hall–Kier alpha value is -3.24. The topological polar surface area (TPSA) is 87.9 Å². The smallest absolute Gasteiger partial charge is 0.415 e. The van der Waals surface area contributed by atoms with E-state index < -0.39 is 35.2 Å². The van der Waals surface area contributed by atoms with Crippen LogP contribution in [0.15, 0.2) is 47.2 Å². The van der Waals surface area contributed by atoms with Crippen LogP contribution in [0.1, 0.15) is 73.1 Å². The quantitative estimate of drug-likeness (QED) is 0.445. The fourth-order valence-corrected chi connectivity index (χ4v) is 5.76. The van der Waals surface area contributed by atoms with Crippen LogP contribution in [0.25, 0.3) is 0 Å². The van der Waals surface area contributed by atoms with E-state index in [0.29, 0.717) is 56.0 Å². The number of benzene rings is 1. The van der Waals surface area contributed by atoms with Crippen molar-refractivity contribution >= 4 is 29.4 Å². The van der Waals surface area contributed by atoms with Crippen LogP contribution in [0.3, 0.4) is 0 Å². The van der Waals surface area contributed by atoms with Gasteiger partial charge in [-0.3, -0.25) is 14.5 Å². The number of carboxylic acids is 1. The first kappa shape index (κ1) is 28.3. The molecule has 3 aliphatic rings. The molecule has 1 aromatic carbocycles. The molecule has 5 rings (SSSR count). The summed E-state index contributed by atoms with van der Waals surface area (Å²) in [6.07, 6.45) is 3.54.